The van der Waals surface area contributed by atoms with Crippen LogP contribution in [0.5, 0.6) is 0 Å². The van der Waals surface area contributed by atoms with E-state index >= 15 is 0 Å². The maximum absolute atomic E-state index is 13.8. The second-order valence-corrected chi connectivity index (χ2v) is 7.62. The molecular formula is C25H21ClN2O4. The number of ether oxygens (including phenoxy) is 2. The molecular weight excluding hydrogens is 428 g/mol. The van der Waals surface area contributed by atoms with Crippen molar-refractivity contribution in [3.8, 4) is 0 Å². The first-order valence-electron chi connectivity index (χ1n) is 9.94. The number of alkyl carbamates (subject to hydrolysis) is 1. The van der Waals surface area contributed by atoms with E-state index in [4.69, 9.17) is 21.1 Å². The predicted octanol–water partition coefficient (Wildman–Crippen LogP) is 5.16. The molecule has 1 amide bonds. The van der Waals surface area contributed by atoms with E-state index < -0.39 is 17.6 Å². The van der Waals surface area contributed by atoms with Crippen molar-refractivity contribution in [1.29, 1.82) is 0 Å². The SMILES string of the molecule is COC(=O)N[C@@](C(=O)OCc1ccccc1)(c1ccc(Cl)cc1)c1c[nH]c2ccccc12. The maximum Gasteiger partial charge on any atom is 0.408 e. The number of para-hydroxylation sites is 1. The van der Waals surface area contributed by atoms with E-state index in [1.807, 2.05) is 54.6 Å². The molecule has 4 aromatic rings. The zero-order chi connectivity index (χ0) is 22.6. The molecule has 6 nitrogen and oxygen atoms in total. The van der Waals surface area contributed by atoms with E-state index in [1.165, 1.54) is 7.11 Å². The van der Waals surface area contributed by atoms with E-state index in [1.54, 1.807) is 30.5 Å². The smallest absolute Gasteiger partial charge is 0.408 e. The Labute approximate surface area is 190 Å². The number of halogens is 1. The molecule has 0 unspecified atom stereocenters. The van der Waals surface area contributed by atoms with Crippen LogP contribution >= 0.6 is 11.6 Å². The van der Waals surface area contributed by atoms with Gasteiger partial charge < -0.3 is 14.5 Å². The van der Waals surface area contributed by atoms with Crippen LogP contribution in [0, 0.1) is 0 Å². The topological polar surface area (TPSA) is 80.4 Å². The number of hydrogen-bond acceptors (Lipinski definition) is 4. The summed E-state index contributed by atoms with van der Waals surface area (Å²) in [6.45, 7) is 0.0419. The normalized spacial score (nSPS) is 12.7. The lowest BCUT2D eigenvalue weighted by atomic mass is 9.82. The van der Waals surface area contributed by atoms with Crippen LogP contribution in [0.3, 0.4) is 0 Å². The summed E-state index contributed by atoms with van der Waals surface area (Å²) >= 11 is 6.10. The molecule has 0 aliphatic carbocycles. The molecule has 7 heteroatoms. The van der Waals surface area contributed by atoms with Crippen LogP contribution in [0.25, 0.3) is 10.9 Å². The van der Waals surface area contributed by atoms with E-state index in [9.17, 15) is 9.59 Å². The van der Waals surface area contributed by atoms with Crippen molar-refractivity contribution >= 4 is 34.6 Å². The standard InChI is InChI=1S/C25H21ClN2O4/c1-31-24(30)28-25(18-11-13-19(26)14-12-18,21-15-27-22-10-6-5-9-20(21)22)23(29)32-16-17-7-3-2-4-8-17/h2-15,27H,16H2,1H3,(H,28,30)/t25-/m0/s1. The minimum absolute atomic E-state index is 0.0419. The highest BCUT2D eigenvalue weighted by atomic mass is 35.5. The molecule has 1 heterocycles. The van der Waals surface area contributed by atoms with Gasteiger partial charge in [-0.3, -0.25) is 5.32 Å². The van der Waals surface area contributed by atoms with Crippen molar-refractivity contribution < 1.29 is 19.1 Å². The zero-order valence-corrected chi connectivity index (χ0v) is 18.1. The summed E-state index contributed by atoms with van der Waals surface area (Å²) < 4.78 is 10.6. The van der Waals surface area contributed by atoms with Gasteiger partial charge in [-0.05, 0) is 29.3 Å². The van der Waals surface area contributed by atoms with Gasteiger partial charge >= 0.3 is 12.1 Å². The Hall–Kier alpha value is -3.77. The van der Waals surface area contributed by atoms with Crippen molar-refractivity contribution in [2.45, 2.75) is 12.1 Å². The van der Waals surface area contributed by atoms with Gasteiger partial charge in [0, 0.05) is 27.7 Å². The molecule has 32 heavy (non-hydrogen) atoms. The molecule has 162 valence electrons. The van der Waals surface area contributed by atoms with E-state index in [2.05, 4.69) is 10.3 Å². The molecule has 0 saturated carbocycles. The number of rotatable bonds is 6. The number of aromatic amines is 1. The number of H-pyrrole nitrogens is 1. The van der Waals surface area contributed by atoms with Crippen molar-refractivity contribution in [3.63, 3.8) is 0 Å². The molecule has 3 aromatic carbocycles. The number of carbonyl (C=O) groups is 2. The molecule has 0 radical (unpaired) electrons. The minimum atomic E-state index is -1.67. The van der Waals surface area contributed by atoms with Gasteiger partial charge in [-0.1, -0.05) is 72.3 Å². The third-order valence-electron chi connectivity index (χ3n) is 5.26. The van der Waals surface area contributed by atoms with E-state index in [0.29, 0.717) is 16.1 Å². The van der Waals surface area contributed by atoms with Crippen LogP contribution < -0.4 is 5.32 Å². The highest BCUT2D eigenvalue weighted by Crippen LogP contribution is 2.37. The largest absolute Gasteiger partial charge is 0.459 e. The third kappa shape index (κ3) is 4.05. The van der Waals surface area contributed by atoms with Crippen LogP contribution in [0.4, 0.5) is 4.79 Å². The summed E-state index contributed by atoms with van der Waals surface area (Å²) in [5, 5.41) is 4.01. The summed E-state index contributed by atoms with van der Waals surface area (Å²) in [6, 6.07) is 23.5. The maximum atomic E-state index is 13.8. The molecule has 0 aliphatic heterocycles. The number of hydrogen-bond donors (Lipinski definition) is 2. The lowest BCUT2D eigenvalue weighted by Gasteiger charge is -2.32. The number of carbonyl (C=O) groups excluding carboxylic acids is 2. The molecule has 0 saturated heterocycles. The summed E-state index contributed by atoms with van der Waals surface area (Å²) in [6.07, 6.45) is 0.917. The van der Waals surface area contributed by atoms with Crippen LogP contribution in [0.2, 0.25) is 5.02 Å². The number of benzene rings is 3. The number of methoxy groups -OCH3 is 1. The van der Waals surface area contributed by atoms with Gasteiger partial charge in [-0.25, -0.2) is 9.59 Å². The van der Waals surface area contributed by atoms with Crippen molar-refractivity contribution in [1.82, 2.24) is 10.3 Å². The highest BCUT2D eigenvalue weighted by molar-refractivity contribution is 6.30. The van der Waals surface area contributed by atoms with Gasteiger partial charge in [0.05, 0.1) is 7.11 Å². The number of nitrogens with one attached hydrogen (secondary N) is 2. The third-order valence-corrected chi connectivity index (χ3v) is 5.52. The molecule has 2 N–H and O–H groups in total. The quantitative estimate of drug-likeness (QED) is 0.399. The molecule has 1 aromatic heterocycles. The Morgan fingerprint density at radius 2 is 1.66 bits per heavy atom. The number of esters is 1. The predicted molar refractivity (Wildman–Crippen MR) is 122 cm³/mol. The fraction of sp³-hybridized carbons (Fsp3) is 0.120. The Bertz CT molecular complexity index is 1240. The Balaban J connectivity index is 1.88. The van der Waals surface area contributed by atoms with Crippen molar-refractivity contribution in [2.75, 3.05) is 7.11 Å². The Morgan fingerprint density at radius 3 is 2.38 bits per heavy atom. The van der Waals surface area contributed by atoms with Gasteiger partial charge in [0.1, 0.15) is 6.61 Å². The first-order valence-corrected chi connectivity index (χ1v) is 10.3. The van der Waals surface area contributed by atoms with Crippen molar-refractivity contribution in [3.05, 3.63) is 107 Å². The van der Waals surface area contributed by atoms with Gasteiger partial charge in [0.15, 0.2) is 5.54 Å². The summed E-state index contributed by atoms with van der Waals surface area (Å²) in [5.41, 5.74) is 0.965. The highest BCUT2D eigenvalue weighted by Gasteiger charge is 2.47. The monoisotopic (exact) mass is 448 g/mol. The molecule has 0 bridgehead atoms. The second kappa shape index (κ2) is 9.16. The molecule has 1 atom stereocenters. The Kier molecular flexibility index (Phi) is 6.14. The van der Waals surface area contributed by atoms with E-state index in [0.717, 1.165) is 16.5 Å². The van der Waals surface area contributed by atoms with Crippen LogP contribution in [-0.4, -0.2) is 24.2 Å². The van der Waals surface area contributed by atoms with Gasteiger partial charge in [0.25, 0.3) is 0 Å². The summed E-state index contributed by atoms with van der Waals surface area (Å²) in [4.78, 5) is 29.4. The number of amides is 1. The second-order valence-electron chi connectivity index (χ2n) is 7.18. The van der Waals surface area contributed by atoms with E-state index in [-0.39, 0.29) is 6.61 Å². The minimum Gasteiger partial charge on any atom is -0.459 e. The first kappa shape index (κ1) is 21.5. The van der Waals surface area contributed by atoms with Gasteiger partial charge in [0.2, 0.25) is 0 Å². The lowest BCUT2D eigenvalue weighted by Crippen LogP contribution is -2.53. The average Bonchev–Trinajstić information content (AvgIpc) is 3.26. The van der Waals surface area contributed by atoms with Crippen LogP contribution in [0.1, 0.15) is 16.7 Å². The fourth-order valence-electron chi connectivity index (χ4n) is 3.69. The molecule has 4 rings (SSSR count). The van der Waals surface area contributed by atoms with Crippen LogP contribution in [-0.2, 0) is 26.4 Å². The lowest BCUT2D eigenvalue weighted by molar-refractivity contribution is -0.151. The Morgan fingerprint density at radius 1 is 0.969 bits per heavy atom. The molecule has 0 aliphatic rings. The summed E-state index contributed by atoms with van der Waals surface area (Å²) in [5.74, 6) is -0.654. The van der Waals surface area contributed by atoms with Gasteiger partial charge in [-0.15, -0.1) is 0 Å². The number of aromatic nitrogens is 1. The molecule has 0 fully saturated rings. The van der Waals surface area contributed by atoms with Crippen molar-refractivity contribution in [2.24, 2.45) is 0 Å². The summed E-state index contributed by atoms with van der Waals surface area (Å²) in [7, 11) is 1.24. The van der Waals surface area contributed by atoms with Gasteiger partial charge in [-0.2, -0.15) is 0 Å². The molecule has 0 spiro atoms. The average molecular weight is 449 g/mol. The first-order chi connectivity index (χ1) is 15.5. The fourth-order valence-corrected chi connectivity index (χ4v) is 3.82. The zero-order valence-electron chi connectivity index (χ0n) is 17.3. The number of fused-ring (bicyclic) bond motifs is 1. The van der Waals surface area contributed by atoms with Crippen LogP contribution in [0.15, 0.2) is 85.1 Å².